The third-order valence-electron chi connectivity index (χ3n) is 3.13. The number of nitrogens with one attached hydrogen (secondary N) is 1. The molecule has 5 nitrogen and oxygen atoms in total. The molecule has 9 heteroatoms. The zero-order valence-electron chi connectivity index (χ0n) is 11.9. The second-order valence-electron chi connectivity index (χ2n) is 4.91. The van der Waals surface area contributed by atoms with Crippen LogP contribution in [0.15, 0.2) is 22.6 Å². The molecule has 0 saturated heterocycles. The molecule has 0 atom stereocenters. The van der Waals surface area contributed by atoms with E-state index in [1.54, 1.807) is 0 Å². The summed E-state index contributed by atoms with van der Waals surface area (Å²) < 4.78 is 38.4. The summed E-state index contributed by atoms with van der Waals surface area (Å²) in [4.78, 5) is 23.3. The predicted molar refractivity (Wildman–Crippen MR) is 82.2 cm³/mol. The highest BCUT2D eigenvalue weighted by Gasteiger charge is 2.28. The molecule has 23 heavy (non-hydrogen) atoms. The van der Waals surface area contributed by atoms with Gasteiger partial charge in [-0.25, -0.2) is 9.97 Å². The van der Waals surface area contributed by atoms with Crippen molar-refractivity contribution in [3.8, 4) is 0 Å². The first-order valence-corrected chi connectivity index (χ1v) is 7.45. The third-order valence-corrected chi connectivity index (χ3v) is 4.12. The average molecular weight is 340 g/mol. The number of rotatable bonds is 3. The van der Waals surface area contributed by atoms with Crippen molar-refractivity contribution in [1.82, 2.24) is 19.5 Å². The highest BCUT2D eigenvalue weighted by atomic mass is 32.1. The molecule has 0 radical (unpaired) electrons. The van der Waals surface area contributed by atoms with Crippen molar-refractivity contribution >= 4 is 33.7 Å². The fourth-order valence-corrected chi connectivity index (χ4v) is 3.07. The molecule has 0 aliphatic heterocycles. The van der Waals surface area contributed by atoms with Gasteiger partial charge in [0.15, 0.2) is 0 Å². The van der Waals surface area contributed by atoms with E-state index in [2.05, 4.69) is 15.0 Å². The minimum atomic E-state index is -4.33. The van der Waals surface area contributed by atoms with Crippen LogP contribution in [0.25, 0.3) is 22.4 Å². The maximum atomic E-state index is 12.5. The molecule has 0 amide bonds. The van der Waals surface area contributed by atoms with Crippen LogP contribution in [-0.4, -0.2) is 25.7 Å². The van der Waals surface area contributed by atoms with Gasteiger partial charge in [-0.3, -0.25) is 4.79 Å². The number of thiophene rings is 1. The van der Waals surface area contributed by atoms with Crippen molar-refractivity contribution in [1.29, 1.82) is 0 Å². The Balaban J connectivity index is 1.92. The van der Waals surface area contributed by atoms with Crippen LogP contribution in [0.3, 0.4) is 0 Å². The number of aromatic nitrogens is 4. The van der Waals surface area contributed by atoms with Crippen molar-refractivity contribution in [2.24, 2.45) is 0 Å². The van der Waals surface area contributed by atoms with E-state index in [0.29, 0.717) is 10.2 Å². The van der Waals surface area contributed by atoms with Crippen LogP contribution in [0.4, 0.5) is 13.2 Å². The molecule has 0 aromatic carbocycles. The minimum absolute atomic E-state index is 0.132. The summed E-state index contributed by atoms with van der Waals surface area (Å²) in [5.74, 6) is 0.401. The first-order valence-electron chi connectivity index (χ1n) is 6.57. The van der Waals surface area contributed by atoms with E-state index in [9.17, 15) is 18.0 Å². The van der Waals surface area contributed by atoms with Gasteiger partial charge in [-0.1, -0.05) is 0 Å². The van der Waals surface area contributed by atoms with Crippen LogP contribution in [0, 0.1) is 6.92 Å². The summed E-state index contributed by atoms with van der Waals surface area (Å²) in [5.41, 5.74) is 0.571. The summed E-state index contributed by atoms with van der Waals surface area (Å²) in [6, 6.07) is 0. The minimum Gasteiger partial charge on any atom is -0.322 e. The van der Waals surface area contributed by atoms with Crippen molar-refractivity contribution in [3.63, 3.8) is 0 Å². The van der Waals surface area contributed by atoms with Gasteiger partial charge in [-0.2, -0.15) is 13.2 Å². The molecular weight excluding hydrogens is 329 g/mol. The normalized spacial score (nSPS) is 12.5. The number of halogens is 3. The molecule has 0 unspecified atom stereocenters. The molecule has 3 aromatic rings. The molecule has 1 N–H and O–H groups in total. The van der Waals surface area contributed by atoms with Crippen LogP contribution in [0.1, 0.15) is 17.2 Å². The molecule has 0 aliphatic rings. The van der Waals surface area contributed by atoms with Gasteiger partial charge in [0.05, 0.1) is 5.39 Å². The van der Waals surface area contributed by atoms with E-state index in [0.717, 1.165) is 10.1 Å². The van der Waals surface area contributed by atoms with E-state index in [1.807, 2.05) is 12.3 Å². The smallest absolute Gasteiger partial charge is 0.322 e. The second-order valence-corrected chi connectivity index (χ2v) is 5.77. The summed E-state index contributed by atoms with van der Waals surface area (Å²) in [7, 11) is 0. The molecule has 0 aliphatic carbocycles. The van der Waals surface area contributed by atoms with Crippen LogP contribution >= 0.6 is 11.3 Å². The van der Waals surface area contributed by atoms with Crippen LogP contribution in [0.2, 0.25) is 0 Å². The molecule has 0 fully saturated rings. The lowest BCUT2D eigenvalue weighted by Gasteiger charge is -2.08. The summed E-state index contributed by atoms with van der Waals surface area (Å²) >= 11 is 1.34. The second kappa shape index (κ2) is 5.65. The van der Waals surface area contributed by atoms with Crippen molar-refractivity contribution < 1.29 is 13.2 Å². The highest BCUT2D eigenvalue weighted by molar-refractivity contribution is 7.16. The Hall–Kier alpha value is -2.42. The standard InChI is InChI=1S/C14H11F3N4OS/c1-8-6-23-13-11(8)12(22)19-9(20-13)2-3-10-18-4-5-21(10)7-14(15,16)17/h2-6H,7H2,1H3,(H,19,20,22). The molecule has 3 rings (SSSR count). The SMILES string of the molecule is Cc1csc2nc(C=Cc3nccn3CC(F)(F)F)[nH]c(=O)c12. The Labute approximate surface area is 132 Å². The molecule has 120 valence electrons. The Morgan fingerprint density at radius 2 is 2.17 bits per heavy atom. The molecule has 3 heterocycles. The van der Waals surface area contributed by atoms with Gasteiger partial charge in [0.25, 0.3) is 5.56 Å². The number of nitrogens with zero attached hydrogens (tertiary/aromatic N) is 3. The van der Waals surface area contributed by atoms with Gasteiger partial charge in [-0.05, 0) is 30.0 Å². The van der Waals surface area contributed by atoms with E-state index < -0.39 is 12.7 Å². The van der Waals surface area contributed by atoms with Crippen molar-refractivity contribution in [3.05, 3.63) is 45.3 Å². The highest BCUT2D eigenvalue weighted by Crippen LogP contribution is 2.21. The van der Waals surface area contributed by atoms with Gasteiger partial charge in [0.1, 0.15) is 23.0 Å². The lowest BCUT2D eigenvalue weighted by molar-refractivity contribution is -0.140. The number of H-pyrrole nitrogens is 1. The predicted octanol–water partition coefficient (Wildman–Crippen LogP) is 3.22. The molecule has 3 aromatic heterocycles. The van der Waals surface area contributed by atoms with Gasteiger partial charge in [-0.15, -0.1) is 11.3 Å². The summed E-state index contributed by atoms with van der Waals surface area (Å²) in [6.45, 7) is 0.693. The molecular formula is C14H11F3N4OS. The number of hydrogen-bond donors (Lipinski definition) is 1. The van der Waals surface area contributed by atoms with E-state index >= 15 is 0 Å². The van der Waals surface area contributed by atoms with E-state index in [-0.39, 0.29) is 17.2 Å². The Bertz CT molecular complexity index is 936. The number of imidazole rings is 1. The Morgan fingerprint density at radius 1 is 1.39 bits per heavy atom. The fraction of sp³-hybridized carbons (Fsp3) is 0.214. The zero-order valence-corrected chi connectivity index (χ0v) is 12.7. The van der Waals surface area contributed by atoms with Gasteiger partial charge in [0.2, 0.25) is 0 Å². The quantitative estimate of drug-likeness (QED) is 0.796. The van der Waals surface area contributed by atoms with Crippen LogP contribution < -0.4 is 5.56 Å². The number of aryl methyl sites for hydroxylation is 1. The first-order chi connectivity index (χ1) is 10.8. The van der Waals surface area contributed by atoms with Crippen molar-refractivity contribution in [2.75, 3.05) is 0 Å². The topological polar surface area (TPSA) is 63.6 Å². The third kappa shape index (κ3) is 3.34. The summed E-state index contributed by atoms with van der Waals surface area (Å²) in [5, 5.41) is 2.36. The van der Waals surface area contributed by atoms with Gasteiger partial charge >= 0.3 is 6.18 Å². The largest absolute Gasteiger partial charge is 0.406 e. The molecule has 0 bridgehead atoms. The van der Waals surface area contributed by atoms with Crippen molar-refractivity contribution in [2.45, 2.75) is 19.6 Å². The number of aromatic amines is 1. The number of alkyl halides is 3. The zero-order chi connectivity index (χ0) is 16.6. The van der Waals surface area contributed by atoms with Gasteiger partial charge < -0.3 is 9.55 Å². The fourth-order valence-electron chi connectivity index (χ4n) is 2.14. The molecule has 0 saturated carbocycles. The molecule has 0 spiro atoms. The first kappa shape index (κ1) is 15.5. The van der Waals surface area contributed by atoms with Gasteiger partial charge in [0, 0.05) is 12.4 Å². The maximum absolute atomic E-state index is 12.5. The van der Waals surface area contributed by atoms with E-state index in [1.165, 1.54) is 35.9 Å². The number of hydrogen-bond acceptors (Lipinski definition) is 4. The van der Waals surface area contributed by atoms with Crippen LogP contribution in [0.5, 0.6) is 0 Å². The average Bonchev–Trinajstić information content (AvgIpc) is 3.02. The lowest BCUT2D eigenvalue weighted by Crippen LogP contribution is -2.18. The number of fused-ring (bicyclic) bond motifs is 1. The maximum Gasteiger partial charge on any atom is 0.406 e. The lowest BCUT2D eigenvalue weighted by atomic mass is 10.3. The monoisotopic (exact) mass is 340 g/mol. The van der Waals surface area contributed by atoms with Crippen LogP contribution in [-0.2, 0) is 6.54 Å². The Morgan fingerprint density at radius 3 is 2.91 bits per heavy atom. The van der Waals surface area contributed by atoms with E-state index in [4.69, 9.17) is 0 Å². The Kier molecular flexibility index (Phi) is 3.80. The summed E-state index contributed by atoms with van der Waals surface area (Å²) in [6.07, 6.45) is 1.02.